The van der Waals surface area contributed by atoms with E-state index in [1.165, 1.54) is 24.3 Å². The van der Waals surface area contributed by atoms with Crippen LogP contribution in [0.1, 0.15) is 19.4 Å². The lowest BCUT2D eigenvalue weighted by Crippen LogP contribution is -2.34. The van der Waals surface area contributed by atoms with E-state index < -0.39 is 5.97 Å². The molecule has 1 aromatic carbocycles. The van der Waals surface area contributed by atoms with Crippen LogP contribution in [0.25, 0.3) is 6.08 Å². The molecule has 0 atom stereocenters. The van der Waals surface area contributed by atoms with Crippen LogP contribution in [-0.2, 0) is 14.3 Å². The van der Waals surface area contributed by atoms with Crippen molar-refractivity contribution < 1.29 is 18.7 Å². The topological polar surface area (TPSA) is 46.6 Å². The lowest BCUT2D eigenvalue weighted by molar-refractivity contribution is -0.147. The molecular weight excluding hydrogens is 261 g/mol. The van der Waals surface area contributed by atoms with E-state index in [-0.39, 0.29) is 18.3 Å². The van der Waals surface area contributed by atoms with E-state index in [0.717, 1.165) is 0 Å². The highest BCUT2D eigenvalue weighted by Crippen LogP contribution is 2.04. The summed E-state index contributed by atoms with van der Waals surface area (Å²) in [5.41, 5.74) is 0.679. The van der Waals surface area contributed by atoms with Crippen LogP contribution in [0.2, 0.25) is 0 Å². The highest BCUT2D eigenvalue weighted by atomic mass is 19.1. The third kappa shape index (κ3) is 5.22. The molecule has 0 radical (unpaired) electrons. The summed E-state index contributed by atoms with van der Waals surface area (Å²) in [6, 6.07) is 5.68. The van der Waals surface area contributed by atoms with Crippen LogP contribution in [0.15, 0.2) is 30.3 Å². The summed E-state index contributed by atoms with van der Waals surface area (Å²) in [6.45, 7) is 4.61. The molecule has 0 saturated carbocycles. The molecule has 1 aromatic rings. The second-order valence-electron chi connectivity index (χ2n) is 4.06. The molecule has 0 aromatic heterocycles. The van der Waals surface area contributed by atoms with Crippen LogP contribution in [0.3, 0.4) is 0 Å². The van der Waals surface area contributed by atoms with Gasteiger partial charge in [-0.3, -0.25) is 4.79 Å². The van der Waals surface area contributed by atoms with E-state index in [1.54, 1.807) is 17.0 Å². The van der Waals surface area contributed by atoms with Gasteiger partial charge in [0.15, 0.2) is 6.61 Å². The number of hydrogen-bond donors (Lipinski definition) is 0. The highest BCUT2D eigenvalue weighted by molar-refractivity contribution is 5.89. The molecule has 4 nitrogen and oxygen atoms in total. The molecule has 0 fully saturated rings. The van der Waals surface area contributed by atoms with Gasteiger partial charge in [-0.05, 0) is 37.6 Å². The third-order valence-electron chi connectivity index (χ3n) is 2.74. The second-order valence-corrected chi connectivity index (χ2v) is 4.06. The minimum Gasteiger partial charge on any atom is -0.452 e. The number of amides is 1. The Balaban J connectivity index is 2.44. The number of hydrogen-bond acceptors (Lipinski definition) is 3. The first-order valence-electron chi connectivity index (χ1n) is 6.45. The molecule has 0 unspecified atom stereocenters. The Morgan fingerprint density at radius 2 is 1.80 bits per heavy atom. The van der Waals surface area contributed by atoms with Crippen molar-refractivity contribution in [3.05, 3.63) is 41.7 Å². The molecule has 0 spiro atoms. The molecule has 0 aliphatic rings. The standard InChI is InChI=1S/C15H18FNO3/c1-3-17(4-2)14(18)11-20-15(19)10-7-12-5-8-13(16)9-6-12/h5-10H,3-4,11H2,1-2H3/b10-7+. The molecule has 0 aliphatic heterocycles. The van der Waals surface area contributed by atoms with Gasteiger partial charge in [-0.25, -0.2) is 9.18 Å². The average molecular weight is 279 g/mol. The fourth-order valence-corrected chi connectivity index (χ4v) is 1.59. The number of ether oxygens (including phenoxy) is 1. The lowest BCUT2D eigenvalue weighted by atomic mass is 10.2. The van der Waals surface area contributed by atoms with Crippen LogP contribution < -0.4 is 0 Å². The largest absolute Gasteiger partial charge is 0.452 e. The van der Waals surface area contributed by atoms with Gasteiger partial charge in [0.1, 0.15) is 5.82 Å². The van der Waals surface area contributed by atoms with Gasteiger partial charge in [0.25, 0.3) is 5.91 Å². The maximum atomic E-state index is 12.7. The second kappa shape index (κ2) is 8.09. The first-order valence-corrected chi connectivity index (χ1v) is 6.45. The predicted octanol–water partition coefficient (Wildman–Crippen LogP) is 2.25. The fourth-order valence-electron chi connectivity index (χ4n) is 1.59. The average Bonchev–Trinajstić information content (AvgIpc) is 2.45. The van der Waals surface area contributed by atoms with Crippen molar-refractivity contribution in [2.75, 3.05) is 19.7 Å². The van der Waals surface area contributed by atoms with Crippen LogP contribution in [-0.4, -0.2) is 36.5 Å². The number of carbonyl (C=O) groups is 2. The van der Waals surface area contributed by atoms with Gasteiger partial charge in [-0.1, -0.05) is 12.1 Å². The maximum Gasteiger partial charge on any atom is 0.331 e. The molecular formula is C15H18FNO3. The van der Waals surface area contributed by atoms with Gasteiger partial charge in [0.05, 0.1) is 0 Å². The summed E-state index contributed by atoms with van der Waals surface area (Å²) in [4.78, 5) is 24.6. The minimum absolute atomic E-state index is 0.224. The number of rotatable bonds is 6. The molecule has 0 saturated heterocycles. The van der Waals surface area contributed by atoms with E-state index in [0.29, 0.717) is 18.7 Å². The number of nitrogens with zero attached hydrogens (tertiary/aromatic N) is 1. The van der Waals surface area contributed by atoms with Crippen LogP contribution in [0, 0.1) is 5.82 Å². The Bertz CT molecular complexity index is 478. The molecule has 20 heavy (non-hydrogen) atoms. The number of benzene rings is 1. The van der Waals surface area contributed by atoms with E-state index >= 15 is 0 Å². The van der Waals surface area contributed by atoms with Crippen LogP contribution in [0.4, 0.5) is 4.39 Å². The third-order valence-corrected chi connectivity index (χ3v) is 2.74. The Labute approximate surface area is 117 Å². The molecule has 0 aliphatic carbocycles. The van der Waals surface area contributed by atoms with Gasteiger partial charge >= 0.3 is 5.97 Å². The normalized spacial score (nSPS) is 10.6. The van der Waals surface area contributed by atoms with Gasteiger partial charge in [-0.15, -0.1) is 0 Å². The molecule has 0 bridgehead atoms. The zero-order valence-corrected chi connectivity index (χ0v) is 11.6. The monoisotopic (exact) mass is 279 g/mol. The van der Waals surface area contributed by atoms with Crippen LogP contribution >= 0.6 is 0 Å². The maximum absolute atomic E-state index is 12.7. The molecule has 0 N–H and O–H groups in total. The highest BCUT2D eigenvalue weighted by Gasteiger charge is 2.11. The SMILES string of the molecule is CCN(CC)C(=O)COC(=O)/C=C/c1ccc(F)cc1. The molecule has 1 amide bonds. The Kier molecular flexibility index (Phi) is 6.43. The number of esters is 1. The van der Waals surface area contributed by atoms with Crippen molar-refractivity contribution in [2.45, 2.75) is 13.8 Å². The Morgan fingerprint density at radius 3 is 2.35 bits per heavy atom. The zero-order chi connectivity index (χ0) is 15.0. The fraction of sp³-hybridized carbons (Fsp3) is 0.333. The van der Waals surface area contributed by atoms with Crippen molar-refractivity contribution >= 4 is 18.0 Å². The van der Waals surface area contributed by atoms with E-state index in [4.69, 9.17) is 4.74 Å². The van der Waals surface area contributed by atoms with Gasteiger partial charge in [0, 0.05) is 19.2 Å². The van der Waals surface area contributed by atoms with E-state index in [9.17, 15) is 14.0 Å². The smallest absolute Gasteiger partial charge is 0.331 e. The van der Waals surface area contributed by atoms with Gasteiger partial charge in [-0.2, -0.15) is 0 Å². The number of likely N-dealkylation sites (N-methyl/N-ethyl adjacent to an activating group) is 1. The Hall–Kier alpha value is -2.17. The van der Waals surface area contributed by atoms with Crippen molar-refractivity contribution in [3.63, 3.8) is 0 Å². The van der Waals surface area contributed by atoms with Gasteiger partial charge < -0.3 is 9.64 Å². The minimum atomic E-state index is -0.602. The number of carbonyl (C=O) groups excluding carboxylic acids is 2. The summed E-state index contributed by atoms with van der Waals surface area (Å²) in [5.74, 6) is -1.16. The van der Waals surface area contributed by atoms with Gasteiger partial charge in [0.2, 0.25) is 0 Å². The molecule has 108 valence electrons. The van der Waals surface area contributed by atoms with Crippen molar-refractivity contribution in [3.8, 4) is 0 Å². The first-order chi connectivity index (χ1) is 9.56. The van der Waals surface area contributed by atoms with E-state index in [1.807, 2.05) is 13.8 Å². The molecule has 0 heterocycles. The first kappa shape index (κ1) is 15.9. The summed E-state index contributed by atoms with van der Waals surface area (Å²) in [6.07, 6.45) is 2.71. The number of halogens is 1. The zero-order valence-electron chi connectivity index (χ0n) is 11.6. The summed E-state index contributed by atoms with van der Waals surface area (Å²) in [7, 11) is 0. The van der Waals surface area contributed by atoms with E-state index in [2.05, 4.69) is 0 Å². The molecule has 5 heteroatoms. The summed E-state index contributed by atoms with van der Waals surface area (Å²) < 4.78 is 17.5. The Morgan fingerprint density at radius 1 is 1.20 bits per heavy atom. The lowest BCUT2D eigenvalue weighted by Gasteiger charge is -2.17. The summed E-state index contributed by atoms with van der Waals surface area (Å²) >= 11 is 0. The molecule has 1 rings (SSSR count). The van der Waals surface area contributed by atoms with Crippen LogP contribution in [0.5, 0.6) is 0 Å². The quantitative estimate of drug-likeness (QED) is 0.592. The van der Waals surface area contributed by atoms with Crippen molar-refractivity contribution in [1.29, 1.82) is 0 Å². The van der Waals surface area contributed by atoms with Crippen molar-refractivity contribution in [2.24, 2.45) is 0 Å². The van der Waals surface area contributed by atoms with Crippen molar-refractivity contribution in [1.82, 2.24) is 4.90 Å². The summed E-state index contributed by atoms with van der Waals surface area (Å²) in [5, 5.41) is 0. The predicted molar refractivity (Wildman–Crippen MR) is 74.3 cm³/mol.